The molecule has 28 heavy (non-hydrogen) atoms. The van der Waals surface area contributed by atoms with Crippen LogP contribution >= 0.6 is 11.8 Å². The van der Waals surface area contributed by atoms with E-state index < -0.39 is 0 Å². The Bertz CT molecular complexity index is 1250. The first-order valence-electron chi connectivity index (χ1n) is 9.32. The highest BCUT2D eigenvalue weighted by molar-refractivity contribution is 7.98. The van der Waals surface area contributed by atoms with Crippen molar-refractivity contribution >= 4 is 33.8 Å². The van der Waals surface area contributed by atoms with Gasteiger partial charge >= 0.3 is 0 Å². The van der Waals surface area contributed by atoms with Crippen molar-refractivity contribution < 1.29 is 0 Å². The fourth-order valence-electron chi connectivity index (χ4n) is 3.56. The zero-order valence-electron chi connectivity index (χ0n) is 15.6. The first-order valence-corrected chi connectivity index (χ1v) is 10.3. The van der Waals surface area contributed by atoms with E-state index in [0.717, 1.165) is 39.8 Å². The smallest absolute Gasteiger partial charge is 0.169 e. The zero-order valence-corrected chi connectivity index (χ0v) is 16.4. The van der Waals surface area contributed by atoms with Crippen molar-refractivity contribution in [1.82, 2.24) is 19.1 Å². The van der Waals surface area contributed by atoms with Gasteiger partial charge in [0.15, 0.2) is 5.16 Å². The van der Waals surface area contributed by atoms with E-state index in [2.05, 4.69) is 82.9 Å². The number of nitrogens with zero attached hydrogens (tertiary/aromatic N) is 4. The van der Waals surface area contributed by atoms with Crippen LogP contribution in [0.15, 0.2) is 84.0 Å². The molecule has 0 atom stereocenters. The largest absolute Gasteiger partial charge is 0.323 e. The molecule has 0 amide bonds. The number of imidazole rings is 2. The minimum absolute atomic E-state index is 0.776. The summed E-state index contributed by atoms with van der Waals surface area (Å²) in [4.78, 5) is 9.70. The topological polar surface area (TPSA) is 35.6 Å². The van der Waals surface area contributed by atoms with Gasteiger partial charge in [0.05, 0.1) is 27.8 Å². The predicted octanol–water partition coefficient (Wildman–Crippen LogP) is 5.26. The van der Waals surface area contributed by atoms with Crippen molar-refractivity contribution in [3.63, 3.8) is 0 Å². The van der Waals surface area contributed by atoms with Crippen molar-refractivity contribution in [2.24, 2.45) is 7.05 Å². The summed E-state index contributed by atoms with van der Waals surface area (Å²) in [5.41, 5.74) is 5.68. The van der Waals surface area contributed by atoms with Crippen molar-refractivity contribution in [2.45, 2.75) is 17.5 Å². The molecule has 2 aromatic heterocycles. The molecule has 0 fully saturated rings. The van der Waals surface area contributed by atoms with Gasteiger partial charge in [-0.25, -0.2) is 9.97 Å². The van der Waals surface area contributed by atoms with E-state index in [-0.39, 0.29) is 0 Å². The fourth-order valence-corrected chi connectivity index (χ4v) is 4.49. The maximum Gasteiger partial charge on any atom is 0.169 e. The molecule has 5 rings (SSSR count). The standard InChI is InChI=1S/C23H20N4S/c1-26-20-13-7-5-11-18(20)25-23(26)28-16-22-24-19-12-6-8-14-21(19)27(22)15-17-9-3-2-4-10-17/h2-14H,15-16H2,1H3. The third kappa shape index (κ3) is 3.08. The highest BCUT2D eigenvalue weighted by Crippen LogP contribution is 2.27. The number of aryl methyl sites for hydroxylation is 1. The lowest BCUT2D eigenvalue weighted by Crippen LogP contribution is -2.04. The molecule has 0 aliphatic heterocycles. The Morgan fingerprint density at radius 1 is 0.750 bits per heavy atom. The molecule has 5 heteroatoms. The summed E-state index contributed by atoms with van der Waals surface area (Å²) in [6, 6.07) is 27.2. The van der Waals surface area contributed by atoms with Crippen LogP contribution in [0.3, 0.4) is 0 Å². The summed E-state index contributed by atoms with van der Waals surface area (Å²) in [7, 11) is 2.07. The van der Waals surface area contributed by atoms with Gasteiger partial charge in [-0.05, 0) is 29.8 Å². The van der Waals surface area contributed by atoms with E-state index in [4.69, 9.17) is 9.97 Å². The third-order valence-electron chi connectivity index (χ3n) is 4.99. The number of hydrogen-bond acceptors (Lipinski definition) is 3. The molecule has 0 spiro atoms. The summed E-state index contributed by atoms with van der Waals surface area (Å²) in [5.74, 6) is 1.85. The summed E-state index contributed by atoms with van der Waals surface area (Å²) in [6.07, 6.45) is 0. The normalized spacial score (nSPS) is 11.5. The molecule has 2 heterocycles. The summed E-state index contributed by atoms with van der Waals surface area (Å²) >= 11 is 1.73. The van der Waals surface area contributed by atoms with Crippen LogP contribution in [0.2, 0.25) is 0 Å². The molecule has 4 nitrogen and oxygen atoms in total. The van der Waals surface area contributed by atoms with Gasteiger partial charge in [-0.2, -0.15) is 0 Å². The summed E-state index contributed by atoms with van der Waals surface area (Å²) < 4.78 is 4.48. The number of rotatable bonds is 5. The van der Waals surface area contributed by atoms with Gasteiger partial charge in [-0.1, -0.05) is 66.4 Å². The number of fused-ring (bicyclic) bond motifs is 2. The van der Waals surface area contributed by atoms with Gasteiger partial charge in [0.1, 0.15) is 5.82 Å². The van der Waals surface area contributed by atoms with Crippen molar-refractivity contribution in [1.29, 1.82) is 0 Å². The van der Waals surface area contributed by atoms with E-state index in [1.165, 1.54) is 11.1 Å². The summed E-state index contributed by atoms with van der Waals surface area (Å²) in [5, 5.41) is 1.01. The van der Waals surface area contributed by atoms with Crippen LogP contribution in [-0.2, 0) is 19.3 Å². The molecule has 0 bridgehead atoms. The van der Waals surface area contributed by atoms with Gasteiger partial charge in [-0.15, -0.1) is 0 Å². The molecule has 0 radical (unpaired) electrons. The Hall–Kier alpha value is -3.05. The second-order valence-corrected chi connectivity index (χ2v) is 7.76. The quantitative estimate of drug-likeness (QED) is 0.388. The van der Waals surface area contributed by atoms with Crippen LogP contribution in [0.4, 0.5) is 0 Å². The van der Waals surface area contributed by atoms with E-state index in [1.54, 1.807) is 11.8 Å². The maximum absolute atomic E-state index is 4.91. The Labute approximate surface area is 167 Å². The van der Waals surface area contributed by atoms with Crippen molar-refractivity contribution in [2.75, 3.05) is 0 Å². The van der Waals surface area contributed by atoms with Gasteiger partial charge in [0.25, 0.3) is 0 Å². The van der Waals surface area contributed by atoms with E-state index in [9.17, 15) is 0 Å². The third-order valence-corrected chi connectivity index (χ3v) is 6.02. The number of aromatic nitrogens is 4. The van der Waals surface area contributed by atoms with Crippen molar-refractivity contribution in [3.05, 3.63) is 90.3 Å². The first kappa shape index (κ1) is 17.1. The highest BCUT2D eigenvalue weighted by Gasteiger charge is 2.14. The molecule has 0 saturated heterocycles. The van der Waals surface area contributed by atoms with Gasteiger partial charge < -0.3 is 9.13 Å². The van der Waals surface area contributed by atoms with Gasteiger partial charge in [0, 0.05) is 13.6 Å². The second kappa shape index (κ2) is 7.17. The number of hydrogen-bond donors (Lipinski definition) is 0. The minimum atomic E-state index is 0.776. The van der Waals surface area contributed by atoms with E-state index >= 15 is 0 Å². The van der Waals surface area contributed by atoms with Crippen LogP contribution in [-0.4, -0.2) is 19.1 Å². The van der Waals surface area contributed by atoms with Crippen LogP contribution in [0.5, 0.6) is 0 Å². The Morgan fingerprint density at radius 2 is 1.39 bits per heavy atom. The number of thioether (sulfide) groups is 1. The predicted molar refractivity (Wildman–Crippen MR) is 116 cm³/mol. The Balaban J connectivity index is 1.49. The van der Waals surface area contributed by atoms with Crippen molar-refractivity contribution in [3.8, 4) is 0 Å². The summed E-state index contributed by atoms with van der Waals surface area (Å²) in [6.45, 7) is 0.819. The molecule has 5 aromatic rings. The molecular formula is C23H20N4S. The van der Waals surface area contributed by atoms with Gasteiger partial charge in [-0.3, -0.25) is 0 Å². The van der Waals surface area contributed by atoms with Crippen LogP contribution in [0.25, 0.3) is 22.1 Å². The monoisotopic (exact) mass is 384 g/mol. The van der Waals surface area contributed by atoms with Crippen LogP contribution in [0.1, 0.15) is 11.4 Å². The van der Waals surface area contributed by atoms with E-state index in [0.29, 0.717) is 0 Å². The Kier molecular flexibility index (Phi) is 4.37. The average molecular weight is 385 g/mol. The zero-order chi connectivity index (χ0) is 18.9. The van der Waals surface area contributed by atoms with Crippen LogP contribution in [0, 0.1) is 0 Å². The highest BCUT2D eigenvalue weighted by atomic mass is 32.2. The number of para-hydroxylation sites is 4. The molecule has 0 aliphatic rings. The molecule has 0 N–H and O–H groups in total. The lowest BCUT2D eigenvalue weighted by molar-refractivity contribution is 0.775. The lowest BCUT2D eigenvalue weighted by atomic mass is 10.2. The fraction of sp³-hybridized carbons (Fsp3) is 0.130. The molecule has 0 unspecified atom stereocenters. The van der Waals surface area contributed by atoms with E-state index in [1.807, 2.05) is 12.1 Å². The SMILES string of the molecule is Cn1c(SCc2nc3ccccc3n2Cc2ccccc2)nc2ccccc21. The van der Waals surface area contributed by atoms with Crippen LogP contribution < -0.4 is 0 Å². The molecule has 0 saturated carbocycles. The lowest BCUT2D eigenvalue weighted by Gasteiger charge is -2.09. The average Bonchev–Trinajstić information content (AvgIpc) is 3.25. The molecule has 138 valence electrons. The number of benzene rings is 3. The van der Waals surface area contributed by atoms with Gasteiger partial charge in [0.2, 0.25) is 0 Å². The second-order valence-electron chi connectivity index (χ2n) is 6.82. The molecule has 0 aliphatic carbocycles. The first-order chi connectivity index (χ1) is 13.8. The molecule has 3 aromatic carbocycles. The maximum atomic E-state index is 4.91. The Morgan fingerprint density at radius 3 is 2.14 bits per heavy atom. The molecular weight excluding hydrogens is 364 g/mol. The minimum Gasteiger partial charge on any atom is -0.323 e.